The van der Waals surface area contributed by atoms with Crippen LogP contribution in [0.1, 0.15) is 53.6 Å². The zero-order valence-corrected chi connectivity index (χ0v) is 12.7. The molecule has 0 spiro atoms. The summed E-state index contributed by atoms with van der Waals surface area (Å²) in [6.45, 7) is 3.09. The Morgan fingerprint density at radius 2 is 2.30 bits per heavy atom. The average Bonchev–Trinajstić information content (AvgIpc) is 3.18. The minimum Gasteiger partial charge on any atom is -0.395 e. The van der Waals surface area contributed by atoms with Crippen molar-refractivity contribution in [1.82, 2.24) is 4.90 Å². The second-order valence-corrected chi connectivity index (χ2v) is 6.11. The van der Waals surface area contributed by atoms with Gasteiger partial charge in [0.25, 0.3) is 5.91 Å². The van der Waals surface area contributed by atoms with Gasteiger partial charge in [-0.3, -0.25) is 4.79 Å². The molecule has 1 amide bonds. The van der Waals surface area contributed by atoms with E-state index in [1.54, 1.807) is 0 Å². The van der Waals surface area contributed by atoms with Crippen LogP contribution in [0.5, 0.6) is 0 Å². The highest BCUT2D eigenvalue weighted by molar-refractivity contribution is 7.14. The van der Waals surface area contributed by atoms with E-state index < -0.39 is 0 Å². The van der Waals surface area contributed by atoms with Crippen LogP contribution in [0, 0.1) is 11.8 Å². The van der Waals surface area contributed by atoms with Crippen LogP contribution in [0.3, 0.4) is 0 Å². The lowest BCUT2D eigenvalue weighted by Crippen LogP contribution is -2.33. The molecule has 0 atom stereocenters. The Balaban J connectivity index is 2.02. The normalized spacial score (nSPS) is 13.7. The highest BCUT2D eigenvalue weighted by atomic mass is 32.1. The molecular weight excluding hydrogens is 270 g/mol. The first-order valence-electron chi connectivity index (χ1n) is 7.26. The minimum atomic E-state index is 0.0800. The third kappa shape index (κ3) is 4.09. The van der Waals surface area contributed by atoms with Crippen LogP contribution < -0.4 is 0 Å². The van der Waals surface area contributed by atoms with Crippen molar-refractivity contribution in [2.75, 3.05) is 13.2 Å². The minimum absolute atomic E-state index is 0.0800. The number of unbranched alkanes of at least 4 members (excludes halogenated alkanes) is 1. The largest absolute Gasteiger partial charge is 0.395 e. The van der Waals surface area contributed by atoms with E-state index in [2.05, 4.69) is 18.8 Å². The molecule has 3 nitrogen and oxygen atoms in total. The second-order valence-electron chi connectivity index (χ2n) is 5.02. The molecule has 0 saturated heterocycles. The molecule has 1 fully saturated rings. The van der Waals surface area contributed by atoms with E-state index in [1.165, 1.54) is 11.3 Å². The standard InChI is InChI=1S/C16H21NO2S/c1-2-3-11-17(13-7-8-13)16(19)15-10-9-14(20-15)6-4-5-12-18/h9-10,13,18H,2-3,5,7-8,11-12H2,1H3. The van der Waals surface area contributed by atoms with E-state index in [9.17, 15) is 4.79 Å². The van der Waals surface area contributed by atoms with Crippen molar-refractivity contribution in [3.05, 3.63) is 21.9 Å². The predicted molar refractivity (Wildman–Crippen MR) is 81.9 cm³/mol. The van der Waals surface area contributed by atoms with E-state index in [1.807, 2.05) is 17.0 Å². The van der Waals surface area contributed by atoms with Crippen LogP contribution in [-0.4, -0.2) is 35.1 Å². The highest BCUT2D eigenvalue weighted by Gasteiger charge is 2.32. The molecule has 0 bridgehead atoms. The summed E-state index contributed by atoms with van der Waals surface area (Å²) in [4.78, 5) is 16.2. The Hall–Kier alpha value is -1.31. The first kappa shape index (κ1) is 15.1. The van der Waals surface area contributed by atoms with E-state index in [0.29, 0.717) is 12.5 Å². The zero-order valence-electron chi connectivity index (χ0n) is 11.9. The molecule has 0 aromatic carbocycles. The number of carbonyl (C=O) groups is 1. The molecule has 1 N–H and O–H groups in total. The Bertz CT molecular complexity index is 508. The van der Waals surface area contributed by atoms with Crippen LogP contribution >= 0.6 is 11.3 Å². The lowest BCUT2D eigenvalue weighted by Gasteiger charge is -2.21. The van der Waals surface area contributed by atoms with Crippen molar-refractivity contribution in [1.29, 1.82) is 0 Å². The first-order valence-corrected chi connectivity index (χ1v) is 8.08. The van der Waals surface area contributed by atoms with Gasteiger partial charge in [0.1, 0.15) is 0 Å². The summed E-state index contributed by atoms with van der Waals surface area (Å²) >= 11 is 1.45. The summed E-state index contributed by atoms with van der Waals surface area (Å²) in [5.41, 5.74) is 0. The number of thiophene rings is 1. The van der Waals surface area contributed by atoms with Crippen molar-refractivity contribution in [3.63, 3.8) is 0 Å². The number of aliphatic hydroxyl groups excluding tert-OH is 1. The van der Waals surface area contributed by atoms with E-state index >= 15 is 0 Å². The van der Waals surface area contributed by atoms with Crippen molar-refractivity contribution in [2.24, 2.45) is 0 Å². The Kier molecular flexibility index (Phi) is 5.63. The first-order chi connectivity index (χ1) is 9.76. The van der Waals surface area contributed by atoms with Gasteiger partial charge in [0.05, 0.1) is 16.4 Å². The molecule has 1 aliphatic carbocycles. The number of hydrogen-bond donors (Lipinski definition) is 1. The van der Waals surface area contributed by atoms with Crippen LogP contribution in [0.4, 0.5) is 0 Å². The third-order valence-corrected chi connectivity index (χ3v) is 4.25. The topological polar surface area (TPSA) is 40.5 Å². The van der Waals surface area contributed by atoms with Crippen LogP contribution in [0.25, 0.3) is 0 Å². The molecule has 1 aromatic rings. The maximum absolute atomic E-state index is 12.5. The maximum atomic E-state index is 12.5. The SMILES string of the molecule is CCCCN(C(=O)c1ccc(C#CCCO)s1)C1CC1. The summed E-state index contributed by atoms with van der Waals surface area (Å²) in [6, 6.07) is 4.23. The van der Waals surface area contributed by atoms with Gasteiger partial charge < -0.3 is 10.0 Å². The fourth-order valence-corrected chi connectivity index (χ4v) is 2.87. The van der Waals surface area contributed by atoms with Gasteiger partial charge in [-0.05, 0) is 31.4 Å². The summed E-state index contributed by atoms with van der Waals surface area (Å²) in [6.07, 6.45) is 4.94. The summed E-state index contributed by atoms with van der Waals surface area (Å²) < 4.78 is 0. The highest BCUT2D eigenvalue weighted by Crippen LogP contribution is 2.30. The molecule has 1 aromatic heterocycles. The van der Waals surface area contributed by atoms with Gasteiger partial charge in [0.15, 0.2) is 0 Å². The number of rotatable bonds is 6. The molecule has 0 radical (unpaired) electrons. The number of aliphatic hydroxyl groups is 1. The van der Waals surface area contributed by atoms with E-state index in [4.69, 9.17) is 5.11 Å². The fraction of sp³-hybridized carbons (Fsp3) is 0.562. The molecular formula is C16H21NO2S. The van der Waals surface area contributed by atoms with Gasteiger partial charge in [-0.2, -0.15) is 0 Å². The van der Waals surface area contributed by atoms with Crippen molar-refractivity contribution in [3.8, 4) is 11.8 Å². The maximum Gasteiger partial charge on any atom is 0.264 e. The van der Waals surface area contributed by atoms with Gasteiger partial charge in [0.2, 0.25) is 0 Å². The molecule has 1 saturated carbocycles. The lowest BCUT2D eigenvalue weighted by atomic mass is 10.3. The van der Waals surface area contributed by atoms with Gasteiger partial charge in [-0.25, -0.2) is 0 Å². The van der Waals surface area contributed by atoms with E-state index in [0.717, 1.165) is 42.0 Å². The summed E-state index contributed by atoms with van der Waals surface area (Å²) in [5.74, 6) is 6.03. The number of amides is 1. The van der Waals surface area contributed by atoms with Gasteiger partial charge >= 0.3 is 0 Å². The van der Waals surface area contributed by atoms with Crippen LogP contribution in [0.2, 0.25) is 0 Å². The molecule has 4 heteroatoms. The lowest BCUT2D eigenvalue weighted by molar-refractivity contribution is 0.0745. The predicted octanol–water partition coefficient (Wildman–Crippen LogP) is 2.89. The van der Waals surface area contributed by atoms with Gasteiger partial charge in [-0.15, -0.1) is 11.3 Å². The van der Waals surface area contributed by atoms with Crippen molar-refractivity contribution >= 4 is 17.2 Å². The van der Waals surface area contributed by atoms with Crippen molar-refractivity contribution < 1.29 is 9.90 Å². The summed E-state index contributed by atoms with van der Waals surface area (Å²) in [7, 11) is 0. The molecule has 0 unspecified atom stereocenters. The molecule has 20 heavy (non-hydrogen) atoms. The molecule has 0 aliphatic heterocycles. The molecule has 1 heterocycles. The quantitative estimate of drug-likeness (QED) is 0.819. The third-order valence-electron chi connectivity index (χ3n) is 3.27. The van der Waals surface area contributed by atoms with Gasteiger partial charge in [0, 0.05) is 19.0 Å². The molecule has 1 aliphatic rings. The Morgan fingerprint density at radius 1 is 1.50 bits per heavy atom. The molecule has 108 valence electrons. The number of nitrogens with zero attached hydrogens (tertiary/aromatic N) is 1. The fourth-order valence-electron chi connectivity index (χ4n) is 2.03. The van der Waals surface area contributed by atoms with Crippen LogP contribution in [-0.2, 0) is 0 Å². The zero-order chi connectivity index (χ0) is 14.4. The van der Waals surface area contributed by atoms with E-state index in [-0.39, 0.29) is 12.5 Å². The summed E-state index contributed by atoms with van der Waals surface area (Å²) in [5, 5.41) is 8.70. The average molecular weight is 291 g/mol. The monoisotopic (exact) mass is 291 g/mol. The van der Waals surface area contributed by atoms with Gasteiger partial charge in [-0.1, -0.05) is 25.2 Å². The van der Waals surface area contributed by atoms with Crippen molar-refractivity contribution in [2.45, 2.75) is 45.1 Å². The molecule has 2 rings (SSSR count). The smallest absolute Gasteiger partial charge is 0.264 e. The Morgan fingerprint density at radius 3 is 2.95 bits per heavy atom. The number of carbonyl (C=O) groups excluding carboxylic acids is 1. The second kappa shape index (κ2) is 7.47. The van der Waals surface area contributed by atoms with Crippen LogP contribution in [0.15, 0.2) is 12.1 Å². The Labute approximate surface area is 124 Å². The number of hydrogen-bond acceptors (Lipinski definition) is 3.